The van der Waals surface area contributed by atoms with E-state index in [4.69, 9.17) is 14.2 Å². The van der Waals surface area contributed by atoms with Crippen LogP contribution in [0.3, 0.4) is 0 Å². The van der Waals surface area contributed by atoms with Crippen LogP contribution in [0.4, 0.5) is 0 Å². The third-order valence-corrected chi connectivity index (χ3v) is 8.07. The number of allylic oxidation sites excluding steroid dienone is 1. The molecule has 3 aliphatic rings. The summed E-state index contributed by atoms with van der Waals surface area (Å²) in [4.78, 5) is 13.2. The van der Waals surface area contributed by atoms with Crippen LogP contribution in [0.15, 0.2) is 48.5 Å². The first kappa shape index (κ1) is 25.9. The lowest BCUT2D eigenvalue weighted by Crippen LogP contribution is -2.21. The first-order chi connectivity index (χ1) is 18.2. The number of hydrogen-bond acceptors (Lipinski definition) is 4. The molecule has 0 aliphatic heterocycles. The van der Waals surface area contributed by atoms with Gasteiger partial charge < -0.3 is 14.2 Å². The number of benzene rings is 2. The molecule has 0 unspecified atom stereocenters. The quantitative estimate of drug-likeness (QED) is 0.254. The van der Waals surface area contributed by atoms with E-state index >= 15 is 0 Å². The predicted molar refractivity (Wildman–Crippen MR) is 149 cm³/mol. The standard InChI is InChI=1S/C33H42O4/c34-32(25-11-10-18-30(23-25)35-27-12-4-1-5-13-27)21-19-26-24-31(36-28-14-6-2-7-15-28)20-22-33(26)37-29-16-8-3-9-17-29/h10-11,18-24,27-29H,1-9,12-17H2. The van der Waals surface area contributed by atoms with Gasteiger partial charge in [-0.3, -0.25) is 4.79 Å². The Labute approximate surface area is 222 Å². The van der Waals surface area contributed by atoms with E-state index in [2.05, 4.69) is 0 Å². The summed E-state index contributed by atoms with van der Waals surface area (Å²) in [7, 11) is 0. The first-order valence-electron chi connectivity index (χ1n) is 14.7. The van der Waals surface area contributed by atoms with Gasteiger partial charge in [-0.1, -0.05) is 31.4 Å². The van der Waals surface area contributed by atoms with Crippen LogP contribution in [0.2, 0.25) is 0 Å². The molecular weight excluding hydrogens is 460 g/mol. The van der Waals surface area contributed by atoms with Crippen LogP contribution in [0.1, 0.15) is 112 Å². The minimum absolute atomic E-state index is 0.0312. The molecule has 2 aromatic carbocycles. The van der Waals surface area contributed by atoms with Crippen molar-refractivity contribution in [2.45, 2.75) is 115 Å². The van der Waals surface area contributed by atoms with Crippen molar-refractivity contribution in [3.8, 4) is 17.2 Å². The molecule has 0 heterocycles. The van der Waals surface area contributed by atoms with Crippen LogP contribution in [-0.2, 0) is 0 Å². The summed E-state index contributed by atoms with van der Waals surface area (Å²) in [6.45, 7) is 0. The van der Waals surface area contributed by atoms with Crippen molar-refractivity contribution in [1.29, 1.82) is 0 Å². The Morgan fingerprint density at radius 3 is 1.76 bits per heavy atom. The molecule has 3 aliphatic carbocycles. The molecule has 4 nitrogen and oxygen atoms in total. The third kappa shape index (κ3) is 7.63. The van der Waals surface area contributed by atoms with Crippen molar-refractivity contribution in [2.24, 2.45) is 0 Å². The van der Waals surface area contributed by atoms with E-state index in [1.165, 1.54) is 57.8 Å². The molecule has 0 N–H and O–H groups in total. The first-order valence-corrected chi connectivity index (χ1v) is 14.7. The predicted octanol–water partition coefficient (Wildman–Crippen LogP) is 8.72. The lowest BCUT2D eigenvalue weighted by Gasteiger charge is -2.25. The number of ether oxygens (including phenoxy) is 3. The van der Waals surface area contributed by atoms with Crippen molar-refractivity contribution in [1.82, 2.24) is 0 Å². The second-order valence-corrected chi connectivity index (χ2v) is 11.1. The molecule has 3 saturated carbocycles. The molecule has 0 spiro atoms. The number of carbonyl (C=O) groups excluding carboxylic acids is 1. The number of rotatable bonds is 9. The lowest BCUT2D eigenvalue weighted by atomic mass is 9.97. The molecule has 0 atom stereocenters. The SMILES string of the molecule is O=C(C=Cc1cc(OC2CCCCC2)ccc1OC1CCCCC1)c1cccc(OC2CCCCC2)c1. The molecule has 5 rings (SSSR count). The Hall–Kier alpha value is -2.75. The van der Waals surface area contributed by atoms with Crippen molar-refractivity contribution in [3.05, 3.63) is 59.7 Å². The fraction of sp³-hybridized carbons (Fsp3) is 0.545. The molecule has 0 amide bonds. The fourth-order valence-electron chi connectivity index (χ4n) is 5.94. The Bertz CT molecular complexity index is 1040. The van der Waals surface area contributed by atoms with Gasteiger partial charge in [0.1, 0.15) is 17.2 Å². The summed E-state index contributed by atoms with van der Waals surface area (Å²) in [5.41, 5.74) is 1.55. The van der Waals surface area contributed by atoms with E-state index in [0.717, 1.165) is 61.3 Å². The highest BCUT2D eigenvalue weighted by Crippen LogP contribution is 2.32. The van der Waals surface area contributed by atoms with Crippen molar-refractivity contribution < 1.29 is 19.0 Å². The average molecular weight is 503 g/mol. The molecule has 3 fully saturated rings. The highest BCUT2D eigenvalue weighted by Gasteiger charge is 2.19. The van der Waals surface area contributed by atoms with E-state index in [1.807, 2.05) is 48.5 Å². The van der Waals surface area contributed by atoms with Crippen LogP contribution in [0.5, 0.6) is 17.2 Å². The van der Waals surface area contributed by atoms with Crippen LogP contribution < -0.4 is 14.2 Å². The van der Waals surface area contributed by atoms with Gasteiger partial charge in [0.25, 0.3) is 0 Å². The molecule has 0 radical (unpaired) electrons. The Morgan fingerprint density at radius 1 is 0.622 bits per heavy atom. The van der Waals surface area contributed by atoms with Gasteiger partial charge in [0.15, 0.2) is 5.78 Å². The fourth-order valence-corrected chi connectivity index (χ4v) is 5.94. The van der Waals surface area contributed by atoms with E-state index < -0.39 is 0 Å². The van der Waals surface area contributed by atoms with E-state index in [1.54, 1.807) is 6.08 Å². The Balaban J connectivity index is 1.31. The van der Waals surface area contributed by atoms with Gasteiger partial charge in [-0.25, -0.2) is 0 Å². The molecule has 0 aromatic heterocycles. The second kappa shape index (κ2) is 13.2. The number of ketones is 1. The summed E-state index contributed by atoms with van der Waals surface area (Å²) >= 11 is 0. The second-order valence-electron chi connectivity index (χ2n) is 11.1. The molecule has 37 heavy (non-hydrogen) atoms. The molecule has 2 aromatic rings. The van der Waals surface area contributed by atoms with Gasteiger partial charge in [-0.2, -0.15) is 0 Å². The minimum Gasteiger partial charge on any atom is -0.490 e. The van der Waals surface area contributed by atoms with E-state index in [-0.39, 0.29) is 24.1 Å². The minimum atomic E-state index is -0.0312. The highest BCUT2D eigenvalue weighted by molar-refractivity contribution is 6.07. The Morgan fingerprint density at radius 2 is 1.16 bits per heavy atom. The zero-order chi connectivity index (χ0) is 25.3. The summed E-state index contributed by atoms with van der Waals surface area (Å²) in [6, 6.07) is 13.7. The summed E-state index contributed by atoms with van der Waals surface area (Å²) in [5.74, 6) is 2.45. The molecular formula is C33H42O4. The Kier molecular flexibility index (Phi) is 9.21. The molecule has 4 heteroatoms. The van der Waals surface area contributed by atoms with Crippen molar-refractivity contribution in [3.63, 3.8) is 0 Å². The number of carbonyl (C=O) groups is 1. The third-order valence-electron chi connectivity index (χ3n) is 8.07. The molecule has 0 bridgehead atoms. The smallest absolute Gasteiger partial charge is 0.185 e. The topological polar surface area (TPSA) is 44.8 Å². The molecule has 198 valence electrons. The van der Waals surface area contributed by atoms with E-state index in [9.17, 15) is 4.79 Å². The summed E-state index contributed by atoms with van der Waals surface area (Å²) < 4.78 is 19.0. The van der Waals surface area contributed by atoms with Gasteiger partial charge >= 0.3 is 0 Å². The zero-order valence-corrected chi connectivity index (χ0v) is 22.2. The van der Waals surface area contributed by atoms with Gasteiger partial charge in [0.05, 0.1) is 18.3 Å². The average Bonchev–Trinajstić information content (AvgIpc) is 2.95. The van der Waals surface area contributed by atoms with Gasteiger partial charge in [0, 0.05) is 11.1 Å². The van der Waals surface area contributed by atoms with Crippen LogP contribution in [0, 0.1) is 0 Å². The van der Waals surface area contributed by atoms with Crippen molar-refractivity contribution in [2.75, 3.05) is 0 Å². The summed E-state index contributed by atoms with van der Waals surface area (Å²) in [6.07, 6.45) is 22.2. The van der Waals surface area contributed by atoms with Crippen LogP contribution >= 0.6 is 0 Å². The van der Waals surface area contributed by atoms with Crippen molar-refractivity contribution >= 4 is 11.9 Å². The maximum Gasteiger partial charge on any atom is 0.185 e. The van der Waals surface area contributed by atoms with Gasteiger partial charge in [-0.05, 0) is 120 Å². The summed E-state index contributed by atoms with van der Waals surface area (Å²) in [5, 5.41) is 0. The maximum absolute atomic E-state index is 13.2. The largest absolute Gasteiger partial charge is 0.490 e. The van der Waals surface area contributed by atoms with Crippen LogP contribution in [0.25, 0.3) is 6.08 Å². The van der Waals surface area contributed by atoms with Gasteiger partial charge in [-0.15, -0.1) is 0 Å². The number of hydrogen-bond donors (Lipinski definition) is 0. The van der Waals surface area contributed by atoms with Crippen LogP contribution in [-0.4, -0.2) is 24.1 Å². The lowest BCUT2D eigenvalue weighted by molar-refractivity contribution is 0.104. The zero-order valence-electron chi connectivity index (χ0n) is 22.2. The van der Waals surface area contributed by atoms with E-state index in [0.29, 0.717) is 5.56 Å². The maximum atomic E-state index is 13.2. The normalized spacial score (nSPS) is 20.1. The monoisotopic (exact) mass is 502 g/mol. The molecule has 0 saturated heterocycles. The highest BCUT2D eigenvalue weighted by atomic mass is 16.5. The van der Waals surface area contributed by atoms with Gasteiger partial charge in [0.2, 0.25) is 0 Å².